The highest BCUT2D eigenvalue weighted by Crippen LogP contribution is 2.40. The first kappa shape index (κ1) is 60.0. The quantitative estimate of drug-likeness (QED) is 0.0238. The zero-order valence-corrected chi connectivity index (χ0v) is 43.6. The van der Waals surface area contributed by atoms with Crippen LogP contribution in [0.1, 0.15) is 71.5 Å². The largest absolute Gasteiger partial charge is 0.423 e. The van der Waals surface area contributed by atoms with Crippen LogP contribution in [0.15, 0.2) is 85.7 Å². The first-order valence-electron chi connectivity index (χ1n) is 24.7. The fourth-order valence-electron chi connectivity index (χ4n) is 8.48. The van der Waals surface area contributed by atoms with Gasteiger partial charge in [-0.25, -0.2) is 26.7 Å². The lowest BCUT2D eigenvalue weighted by molar-refractivity contribution is -0.711. The maximum atomic E-state index is 16.7. The minimum Gasteiger partial charge on any atom is -0.379 e. The van der Waals surface area contributed by atoms with Gasteiger partial charge in [-0.15, -0.1) is 11.6 Å². The maximum absolute atomic E-state index is 16.7. The van der Waals surface area contributed by atoms with Gasteiger partial charge in [0.25, 0.3) is 11.4 Å². The molecule has 6 aromatic rings. The molecule has 0 saturated carbocycles. The number of pyridine rings is 2. The van der Waals surface area contributed by atoms with E-state index in [4.69, 9.17) is 30.5 Å². The van der Waals surface area contributed by atoms with Crippen LogP contribution in [0.2, 0.25) is 0 Å². The molecule has 0 atom stereocenters. The number of benzene rings is 2. The molecule has 6 rings (SSSR count). The van der Waals surface area contributed by atoms with Gasteiger partial charge in [0, 0.05) is 73.0 Å². The van der Waals surface area contributed by atoms with Gasteiger partial charge in [-0.05, 0) is 59.4 Å². The topological polar surface area (TPSA) is 107 Å². The number of alkyl halides is 7. The molecule has 414 valence electrons. The number of amides is 1. The van der Waals surface area contributed by atoms with Crippen molar-refractivity contribution in [3.63, 3.8) is 0 Å². The summed E-state index contributed by atoms with van der Waals surface area (Å²) in [5, 5.41) is 2.80. The van der Waals surface area contributed by atoms with Crippen LogP contribution in [-0.4, -0.2) is 81.2 Å². The Morgan fingerprint density at radius 2 is 1.13 bits per heavy atom. The number of rotatable bonds is 27. The molecule has 0 bridgehead atoms. The Labute approximate surface area is 444 Å². The molecule has 0 unspecified atom stereocenters. The standard InChI is InChI=1S/C54H59ClF10N7O5/c1-35-11-15-69(2)45(25-35)46-26-36(9-10-47(73)66-14-18-75-20-22-77-24-23-76-21-19-74-17-8-6-5-7-13-55)12-16-72(46)50(41-27-39(56)29-43(58)48(41)51-67-31-37(33-70(51)3)53(60,61)62)42-28-40(57)30-44(59)49(42)52-68-32-38(34-71(52)4)54(63,64)65/h11-12,15-16,25-34,50H,5-10,13-14,17-24H2,1-4H3/q+3/p+1. The van der Waals surface area contributed by atoms with Crippen LogP contribution < -0.4 is 23.6 Å². The van der Waals surface area contributed by atoms with Crippen molar-refractivity contribution < 1.29 is 85.9 Å². The second-order valence-electron chi connectivity index (χ2n) is 18.1. The summed E-state index contributed by atoms with van der Waals surface area (Å²) in [5.41, 5.74) is -2.49. The molecule has 0 aliphatic rings. The molecule has 2 aromatic carbocycles. The van der Waals surface area contributed by atoms with Crippen LogP contribution in [0.3, 0.4) is 0 Å². The molecule has 1 amide bonds. The minimum absolute atomic E-state index is 0.0275. The molecule has 4 aromatic heterocycles. The lowest BCUT2D eigenvalue weighted by atomic mass is 9.88. The van der Waals surface area contributed by atoms with Gasteiger partial charge >= 0.3 is 24.0 Å². The van der Waals surface area contributed by atoms with Crippen molar-refractivity contribution in [3.05, 3.63) is 142 Å². The Hall–Kier alpha value is -6.20. The zero-order valence-electron chi connectivity index (χ0n) is 42.9. The number of hydrogen-bond acceptors (Lipinski definition) is 7. The van der Waals surface area contributed by atoms with E-state index < -0.39 is 86.7 Å². The Kier molecular flexibility index (Phi) is 21.8. The highest BCUT2D eigenvalue weighted by atomic mass is 35.5. The van der Waals surface area contributed by atoms with Gasteiger partial charge in [-0.1, -0.05) is 12.8 Å². The van der Waals surface area contributed by atoms with Crippen LogP contribution in [0.5, 0.6) is 0 Å². The third-order valence-corrected chi connectivity index (χ3v) is 12.5. The molecular formula is C54H60ClF10N7O5+4. The van der Waals surface area contributed by atoms with Crippen molar-refractivity contribution in [1.82, 2.24) is 15.3 Å². The lowest BCUT2D eigenvalue weighted by Crippen LogP contribution is -2.47. The van der Waals surface area contributed by atoms with Gasteiger partial charge in [-0.3, -0.25) is 4.79 Å². The monoisotopic (exact) mass is 1110 g/mol. The Morgan fingerprint density at radius 3 is 1.64 bits per heavy atom. The predicted octanol–water partition coefficient (Wildman–Crippen LogP) is 8.69. The van der Waals surface area contributed by atoms with Crippen molar-refractivity contribution in [2.75, 3.05) is 65.3 Å². The van der Waals surface area contributed by atoms with Gasteiger partial charge in [-0.2, -0.15) is 35.5 Å². The lowest BCUT2D eigenvalue weighted by Gasteiger charge is -2.21. The normalized spacial score (nSPS) is 12.0. The molecule has 0 aliphatic carbocycles. The van der Waals surface area contributed by atoms with E-state index in [-0.39, 0.29) is 44.2 Å². The summed E-state index contributed by atoms with van der Waals surface area (Å²) in [7, 11) is 3.97. The average Bonchev–Trinajstić information content (AvgIpc) is 3.36. The van der Waals surface area contributed by atoms with Crippen LogP contribution in [0.25, 0.3) is 34.2 Å². The zero-order chi connectivity index (χ0) is 55.9. The fraction of sp³-hybridized carbons (Fsp3) is 0.426. The van der Waals surface area contributed by atoms with Gasteiger partial charge in [0.05, 0.1) is 60.3 Å². The first-order valence-corrected chi connectivity index (χ1v) is 25.2. The van der Waals surface area contributed by atoms with E-state index in [0.717, 1.165) is 66.6 Å². The van der Waals surface area contributed by atoms with Crippen LogP contribution in [-0.2, 0) is 63.7 Å². The number of aryl methyl sites for hydroxylation is 5. The molecule has 23 heteroatoms. The first-order chi connectivity index (χ1) is 36.7. The van der Waals surface area contributed by atoms with Crippen LogP contribution >= 0.6 is 11.6 Å². The van der Waals surface area contributed by atoms with Gasteiger partial charge < -0.3 is 24.3 Å². The number of hydrogen-bond donors (Lipinski definition) is 1. The van der Waals surface area contributed by atoms with Gasteiger partial charge in [0.1, 0.15) is 65.0 Å². The number of ether oxygens (including phenoxy) is 4. The molecule has 1 N–H and O–H groups in total. The van der Waals surface area contributed by atoms with Crippen LogP contribution in [0.4, 0.5) is 43.9 Å². The van der Waals surface area contributed by atoms with E-state index in [1.807, 2.05) is 0 Å². The van der Waals surface area contributed by atoms with Crippen molar-refractivity contribution in [2.45, 2.75) is 63.8 Å². The molecule has 0 saturated heterocycles. The Bertz CT molecular complexity index is 2850. The van der Waals surface area contributed by atoms with Crippen molar-refractivity contribution in [3.8, 4) is 34.2 Å². The second kappa shape index (κ2) is 27.9. The Morgan fingerprint density at radius 1 is 0.623 bits per heavy atom. The number of unbranched alkanes of at least 4 members (excludes halogenated alkanes) is 3. The molecule has 77 heavy (non-hydrogen) atoms. The fourth-order valence-corrected chi connectivity index (χ4v) is 8.66. The van der Waals surface area contributed by atoms with Crippen molar-refractivity contribution >= 4 is 17.5 Å². The summed E-state index contributed by atoms with van der Waals surface area (Å²) in [6.45, 7) is 5.16. The summed E-state index contributed by atoms with van der Waals surface area (Å²) in [5.74, 6) is -5.65. The predicted molar refractivity (Wildman–Crippen MR) is 261 cm³/mol. The average molecular weight is 1110 g/mol. The summed E-state index contributed by atoms with van der Waals surface area (Å²) in [6.07, 6.45) is -0.187. The third kappa shape index (κ3) is 16.7. The minimum atomic E-state index is -4.88. The van der Waals surface area contributed by atoms with Crippen molar-refractivity contribution in [2.24, 2.45) is 21.1 Å². The third-order valence-electron chi connectivity index (χ3n) is 12.2. The van der Waals surface area contributed by atoms with Gasteiger partial charge in [0.2, 0.25) is 11.9 Å². The van der Waals surface area contributed by atoms with E-state index >= 15 is 17.6 Å². The summed E-state index contributed by atoms with van der Waals surface area (Å²) < 4.78 is 176. The van der Waals surface area contributed by atoms with E-state index in [0.29, 0.717) is 93.7 Å². The van der Waals surface area contributed by atoms with E-state index in [9.17, 15) is 31.1 Å². The highest BCUT2D eigenvalue weighted by Gasteiger charge is 2.43. The number of nitrogens with zero attached hydrogens (tertiary/aromatic N) is 6. The van der Waals surface area contributed by atoms with Gasteiger partial charge in [0.15, 0.2) is 24.8 Å². The summed E-state index contributed by atoms with van der Waals surface area (Å²) in [4.78, 5) is 21.1. The molecule has 12 nitrogen and oxygen atoms in total. The van der Waals surface area contributed by atoms with Crippen molar-refractivity contribution in [1.29, 1.82) is 0 Å². The number of nitrogens with one attached hydrogen (secondary N) is 1. The van der Waals surface area contributed by atoms with E-state index in [1.165, 1.54) is 10.8 Å². The number of aromatic nitrogens is 6. The molecule has 0 spiro atoms. The Balaban J connectivity index is 1.30. The maximum Gasteiger partial charge on any atom is 0.423 e. The highest BCUT2D eigenvalue weighted by molar-refractivity contribution is 6.17. The number of halogens is 11. The second-order valence-corrected chi connectivity index (χ2v) is 18.5. The molecule has 4 heterocycles. The molecule has 0 aliphatic heterocycles. The smallest absolute Gasteiger partial charge is 0.379 e. The summed E-state index contributed by atoms with van der Waals surface area (Å²) in [6, 6.07) is 7.57. The number of carbonyl (C=O) groups excluding carboxylic acids is 1. The van der Waals surface area contributed by atoms with E-state index in [1.54, 1.807) is 49.0 Å². The van der Waals surface area contributed by atoms with Crippen LogP contribution in [0, 0.1) is 30.2 Å². The SMILES string of the molecule is Cc1cc[n+](C)c(-c2cc(CCC(=O)NCCOCCOCCOCCOCCCCCCCl)cc[n+]2C(c2cc(F)cc(F)c2-c2ncc(C(F)(F)F)c[n+]2C)c2cc(F)cc(F)c2-c2ncc(C(F)(F)F)c[n+]2C)c1. The van der Waals surface area contributed by atoms with E-state index in [2.05, 4.69) is 15.3 Å². The molecule has 0 fully saturated rings. The summed E-state index contributed by atoms with van der Waals surface area (Å²) >= 11 is 5.68. The molecule has 0 radical (unpaired) electrons. The molecular weight excluding hydrogens is 1050 g/mol. The number of carbonyl (C=O) groups is 1.